The molecule has 0 bridgehead atoms. The van der Waals surface area contributed by atoms with Crippen LogP contribution in [0.15, 0.2) is 41.6 Å². The monoisotopic (exact) mass is 287 g/mol. The van der Waals surface area contributed by atoms with Crippen LogP contribution in [0.4, 0.5) is 0 Å². The van der Waals surface area contributed by atoms with Crippen molar-refractivity contribution in [3.8, 4) is 0 Å². The lowest BCUT2D eigenvalue weighted by Crippen LogP contribution is -2.33. The molecule has 0 saturated carbocycles. The molecule has 1 aromatic carbocycles. The van der Waals surface area contributed by atoms with Crippen molar-refractivity contribution in [2.24, 2.45) is 7.05 Å². The van der Waals surface area contributed by atoms with Crippen LogP contribution in [0.1, 0.15) is 36.4 Å². The smallest absolute Gasteiger partial charge is 0.0625 e. The van der Waals surface area contributed by atoms with E-state index in [1.165, 1.54) is 22.4 Å². The van der Waals surface area contributed by atoms with Crippen LogP contribution in [0.3, 0.4) is 0 Å². The van der Waals surface area contributed by atoms with Crippen LogP contribution >= 0.6 is 11.8 Å². The highest BCUT2D eigenvalue weighted by atomic mass is 32.2. The van der Waals surface area contributed by atoms with Gasteiger partial charge in [-0.1, -0.05) is 31.2 Å². The number of hydrogen-bond acceptors (Lipinski definition) is 3. The van der Waals surface area contributed by atoms with Gasteiger partial charge in [0.2, 0.25) is 0 Å². The Bertz CT molecular complexity index is 593. The Morgan fingerprint density at radius 3 is 2.70 bits per heavy atom. The molecule has 1 aromatic heterocycles. The first-order valence-electron chi connectivity index (χ1n) is 7.10. The van der Waals surface area contributed by atoms with E-state index < -0.39 is 0 Å². The molecule has 1 aliphatic rings. The Morgan fingerprint density at radius 2 is 2.05 bits per heavy atom. The Kier molecular flexibility index (Phi) is 3.85. The van der Waals surface area contributed by atoms with E-state index in [9.17, 15) is 0 Å². The summed E-state index contributed by atoms with van der Waals surface area (Å²) in [5, 5.41) is 8.33. The minimum absolute atomic E-state index is 0.410. The zero-order valence-corrected chi connectivity index (χ0v) is 13.0. The zero-order chi connectivity index (χ0) is 14.1. The van der Waals surface area contributed by atoms with Crippen LogP contribution in [0.2, 0.25) is 0 Å². The number of aryl methyl sites for hydroxylation is 1. The third-order valence-electron chi connectivity index (χ3n) is 4.10. The van der Waals surface area contributed by atoms with Crippen molar-refractivity contribution in [3.05, 3.63) is 47.8 Å². The van der Waals surface area contributed by atoms with E-state index in [4.69, 9.17) is 0 Å². The molecule has 3 unspecified atom stereocenters. The maximum absolute atomic E-state index is 4.27. The van der Waals surface area contributed by atoms with Crippen molar-refractivity contribution < 1.29 is 0 Å². The number of thioether (sulfide) groups is 1. The topological polar surface area (TPSA) is 29.9 Å². The van der Waals surface area contributed by atoms with E-state index in [0.717, 1.165) is 0 Å². The van der Waals surface area contributed by atoms with Gasteiger partial charge < -0.3 is 5.32 Å². The highest BCUT2D eigenvalue weighted by Gasteiger charge is 2.32. The van der Waals surface area contributed by atoms with Gasteiger partial charge in [-0.15, -0.1) is 11.8 Å². The molecule has 20 heavy (non-hydrogen) atoms. The normalized spacial score (nSPS) is 25.4. The second kappa shape index (κ2) is 5.62. The second-order valence-corrected chi connectivity index (χ2v) is 6.85. The predicted octanol–water partition coefficient (Wildman–Crippen LogP) is 3.35. The molecule has 0 amide bonds. The molecule has 0 saturated heterocycles. The summed E-state index contributed by atoms with van der Waals surface area (Å²) in [6.45, 7) is 2.33. The van der Waals surface area contributed by atoms with E-state index >= 15 is 0 Å². The molecule has 3 rings (SSSR count). The molecule has 1 aliphatic carbocycles. The molecule has 0 aliphatic heterocycles. The molecular formula is C16H21N3S. The summed E-state index contributed by atoms with van der Waals surface area (Å²) >= 11 is 1.94. The summed E-state index contributed by atoms with van der Waals surface area (Å²) in [5.41, 5.74) is 2.95. The van der Waals surface area contributed by atoms with Crippen molar-refractivity contribution in [2.45, 2.75) is 35.4 Å². The average Bonchev–Trinajstić information content (AvgIpc) is 2.85. The van der Waals surface area contributed by atoms with Gasteiger partial charge in [-0.25, -0.2) is 0 Å². The van der Waals surface area contributed by atoms with Crippen LogP contribution in [0.5, 0.6) is 0 Å². The summed E-state index contributed by atoms with van der Waals surface area (Å²) in [6.07, 6.45) is 5.26. The largest absolute Gasteiger partial charge is 0.312 e. The van der Waals surface area contributed by atoms with Crippen LogP contribution in [-0.2, 0) is 7.05 Å². The van der Waals surface area contributed by atoms with Gasteiger partial charge in [0.15, 0.2) is 0 Å². The Morgan fingerprint density at radius 1 is 1.30 bits per heavy atom. The van der Waals surface area contributed by atoms with E-state index in [2.05, 4.69) is 54.8 Å². The van der Waals surface area contributed by atoms with Crippen LogP contribution in [-0.4, -0.2) is 22.1 Å². The molecule has 0 spiro atoms. The van der Waals surface area contributed by atoms with Gasteiger partial charge in [-0.3, -0.25) is 4.68 Å². The van der Waals surface area contributed by atoms with E-state index in [1.807, 2.05) is 29.7 Å². The number of aromatic nitrogens is 2. The van der Waals surface area contributed by atoms with Crippen molar-refractivity contribution in [1.82, 2.24) is 15.1 Å². The average molecular weight is 287 g/mol. The minimum Gasteiger partial charge on any atom is -0.312 e. The molecule has 3 atom stereocenters. The van der Waals surface area contributed by atoms with Crippen molar-refractivity contribution in [2.75, 3.05) is 7.05 Å². The summed E-state index contributed by atoms with van der Waals surface area (Å²) in [4.78, 5) is 1.25. The summed E-state index contributed by atoms with van der Waals surface area (Å²) in [6, 6.07) is 9.25. The van der Waals surface area contributed by atoms with E-state index in [-0.39, 0.29) is 0 Å². The number of fused-ring (bicyclic) bond motifs is 1. The molecule has 106 valence electrons. The first-order chi connectivity index (χ1) is 9.69. The molecule has 3 nitrogen and oxygen atoms in total. The maximum atomic E-state index is 4.27. The number of nitrogens with one attached hydrogen (secondary N) is 1. The molecule has 2 aromatic rings. The fourth-order valence-corrected chi connectivity index (χ4v) is 4.62. The summed E-state index contributed by atoms with van der Waals surface area (Å²) in [7, 11) is 4.03. The van der Waals surface area contributed by atoms with Gasteiger partial charge in [0.05, 0.1) is 6.20 Å². The SMILES string of the molecule is CNC1c2ccccc2C(C)CC1Sc1cnn(C)c1. The fraction of sp³-hybridized carbons (Fsp3) is 0.438. The standard InChI is InChI=1S/C16H21N3S/c1-11-8-15(20-12-9-18-19(3)10-12)16(17-2)14-7-5-4-6-13(11)14/h4-7,9-11,15-17H,8H2,1-3H3. The quantitative estimate of drug-likeness (QED) is 0.939. The van der Waals surface area contributed by atoms with Gasteiger partial charge in [0.1, 0.15) is 0 Å². The molecule has 4 heteroatoms. The van der Waals surface area contributed by atoms with Crippen molar-refractivity contribution >= 4 is 11.8 Å². The molecule has 1 heterocycles. The minimum atomic E-state index is 0.410. The molecule has 0 fully saturated rings. The lowest BCUT2D eigenvalue weighted by molar-refractivity contribution is 0.473. The number of rotatable bonds is 3. The Balaban J connectivity index is 1.89. The molecule has 0 radical (unpaired) electrons. The Hall–Kier alpha value is -1.26. The number of hydrogen-bond donors (Lipinski definition) is 1. The lowest BCUT2D eigenvalue weighted by Gasteiger charge is -2.36. The molecular weight excluding hydrogens is 266 g/mol. The third-order valence-corrected chi connectivity index (χ3v) is 5.35. The number of benzene rings is 1. The van der Waals surface area contributed by atoms with Crippen LogP contribution in [0.25, 0.3) is 0 Å². The van der Waals surface area contributed by atoms with E-state index in [1.54, 1.807) is 0 Å². The van der Waals surface area contributed by atoms with Crippen LogP contribution < -0.4 is 5.32 Å². The van der Waals surface area contributed by atoms with Gasteiger partial charge in [0, 0.05) is 29.4 Å². The van der Waals surface area contributed by atoms with Crippen LogP contribution in [0, 0.1) is 0 Å². The van der Waals surface area contributed by atoms with Crippen molar-refractivity contribution in [3.63, 3.8) is 0 Å². The second-order valence-electron chi connectivity index (χ2n) is 5.54. The summed E-state index contributed by atoms with van der Waals surface area (Å²) < 4.78 is 1.87. The first kappa shape index (κ1) is 13.7. The van der Waals surface area contributed by atoms with Gasteiger partial charge in [0.25, 0.3) is 0 Å². The Labute approximate surface area is 124 Å². The first-order valence-corrected chi connectivity index (χ1v) is 7.98. The lowest BCUT2D eigenvalue weighted by atomic mass is 9.81. The maximum Gasteiger partial charge on any atom is 0.0625 e. The predicted molar refractivity (Wildman–Crippen MR) is 84.1 cm³/mol. The fourth-order valence-electron chi connectivity index (χ4n) is 3.15. The zero-order valence-electron chi connectivity index (χ0n) is 12.2. The van der Waals surface area contributed by atoms with Gasteiger partial charge >= 0.3 is 0 Å². The third kappa shape index (κ3) is 2.50. The highest BCUT2D eigenvalue weighted by molar-refractivity contribution is 8.00. The summed E-state index contributed by atoms with van der Waals surface area (Å²) in [5.74, 6) is 0.616. The highest BCUT2D eigenvalue weighted by Crippen LogP contribution is 2.44. The number of nitrogens with zero attached hydrogens (tertiary/aromatic N) is 2. The van der Waals surface area contributed by atoms with E-state index in [0.29, 0.717) is 17.2 Å². The van der Waals surface area contributed by atoms with Gasteiger partial charge in [-0.05, 0) is 30.5 Å². The van der Waals surface area contributed by atoms with Gasteiger partial charge in [-0.2, -0.15) is 5.10 Å². The molecule has 1 N–H and O–H groups in total. The van der Waals surface area contributed by atoms with Crippen molar-refractivity contribution in [1.29, 1.82) is 0 Å².